The smallest absolute Gasteiger partial charge is 0.350 e. The van der Waals surface area contributed by atoms with Crippen molar-refractivity contribution in [3.63, 3.8) is 0 Å². The van der Waals surface area contributed by atoms with E-state index in [2.05, 4.69) is 10.4 Å². The van der Waals surface area contributed by atoms with Crippen molar-refractivity contribution in [2.24, 2.45) is 0 Å². The monoisotopic (exact) mass is 297 g/mol. The number of alkyl halides is 3. The molecule has 112 valence electrons. The fourth-order valence-electron chi connectivity index (χ4n) is 1.82. The molecule has 0 aliphatic rings. The lowest BCUT2D eigenvalue weighted by Gasteiger charge is -2.13. The van der Waals surface area contributed by atoms with E-state index in [1.807, 2.05) is 0 Å². The highest BCUT2D eigenvalue weighted by molar-refractivity contribution is 5.79. The summed E-state index contributed by atoms with van der Waals surface area (Å²) in [6, 6.07) is 6.05. The second-order valence-electron chi connectivity index (χ2n) is 4.58. The Kier molecular flexibility index (Phi) is 4.30. The molecular formula is C14H14F3N3O. The Balaban J connectivity index is 1.98. The SMILES string of the molecule is CC(C(=O)NCc1cccc(C(F)(F)F)c1)n1cccn1. The Morgan fingerprint density at radius 1 is 1.38 bits per heavy atom. The number of hydrogen-bond donors (Lipinski definition) is 1. The second kappa shape index (κ2) is 5.99. The molecule has 0 aliphatic heterocycles. The summed E-state index contributed by atoms with van der Waals surface area (Å²) in [5.41, 5.74) is -0.333. The van der Waals surface area contributed by atoms with Gasteiger partial charge in [-0.05, 0) is 30.7 Å². The molecule has 1 heterocycles. The molecule has 0 saturated carbocycles. The Hall–Kier alpha value is -2.31. The van der Waals surface area contributed by atoms with Gasteiger partial charge in [0.1, 0.15) is 6.04 Å². The third kappa shape index (κ3) is 3.84. The van der Waals surface area contributed by atoms with E-state index in [0.29, 0.717) is 5.56 Å². The van der Waals surface area contributed by atoms with E-state index >= 15 is 0 Å². The van der Waals surface area contributed by atoms with E-state index in [9.17, 15) is 18.0 Å². The van der Waals surface area contributed by atoms with E-state index in [0.717, 1.165) is 12.1 Å². The van der Waals surface area contributed by atoms with Crippen molar-refractivity contribution in [3.8, 4) is 0 Å². The maximum absolute atomic E-state index is 12.6. The molecule has 0 bridgehead atoms. The maximum atomic E-state index is 12.6. The van der Waals surface area contributed by atoms with E-state index in [-0.39, 0.29) is 12.5 Å². The first-order valence-corrected chi connectivity index (χ1v) is 6.31. The van der Waals surface area contributed by atoms with Crippen molar-refractivity contribution < 1.29 is 18.0 Å². The summed E-state index contributed by atoms with van der Waals surface area (Å²) in [6.07, 6.45) is -1.19. The minimum Gasteiger partial charge on any atom is -0.350 e. The first kappa shape index (κ1) is 15.1. The van der Waals surface area contributed by atoms with Crippen LogP contribution in [0.3, 0.4) is 0 Å². The molecule has 0 spiro atoms. The molecule has 2 rings (SSSR count). The van der Waals surface area contributed by atoms with E-state index in [1.54, 1.807) is 25.4 Å². The molecule has 1 amide bonds. The molecule has 1 aromatic heterocycles. The predicted octanol–water partition coefficient (Wildman–Crippen LogP) is 2.78. The van der Waals surface area contributed by atoms with E-state index < -0.39 is 17.8 Å². The van der Waals surface area contributed by atoms with E-state index in [1.165, 1.54) is 16.8 Å². The van der Waals surface area contributed by atoms with E-state index in [4.69, 9.17) is 0 Å². The first-order chi connectivity index (χ1) is 9.88. The van der Waals surface area contributed by atoms with Crippen LogP contribution >= 0.6 is 0 Å². The lowest BCUT2D eigenvalue weighted by molar-refractivity contribution is -0.137. The third-order valence-electron chi connectivity index (χ3n) is 3.02. The van der Waals surface area contributed by atoms with Gasteiger partial charge in [0.2, 0.25) is 5.91 Å². The van der Waals surface area contributed by atoms with Gasteiger partial charge in [-0.15, -0.1) is 0 Å². The molecule has 2 aromatic rings. The number of hydrogen-bond acceptors (Lipinski definition) is 2. The fraction of sp³-hybridized carbons (Fsp3) is 0.286. The second-order valence-corrected chi connectivity index (χ2v) is 4.58. The van der Waals surface area contributed by atoms with Crippen LogP contribution in [0.25, 0.3) is 0 Å². The van der Waals surface area contributed by atoms with Crippen LogP contribution < -0.4 is 5.32 Å². The van der Waals surface area contributed by atoms with Gasteiger partial charge in [-0.3, -0.25) is 9.48 Å². The quantitative estimate of drug-likeness (QED) is 0.943. The van der Waals surface area contributed by atoms with Crippen LogP contribution in [0, 0.1) is 0 Å². The predicted molar refractivity (Wildman–Crippen MR) is 70.2 cm³/mol. The van der Waals surface area contributed by atoms with Crippen molar-refractivity contribution in [1.82, 2.24) is 15.1 Å². The molecule has 1 atom stereocenters. The summed E-state index contributed by atoms with van der Waals surface area (Å²) in [5, 5.41) is 6.54. The van der Waals surface area contributed by atoms with Crippen molar-refractivity contribution in [2.45, 2.75) is 25.7 Å². The molecule has 0 radical (unpaired) electrons. The lowest BCUT2D eigenvalue weighted by atomic mass is 10.1. The van der Waals surface area contributed by atoms with Crippen molar-refractivity contribution in [2.75, 3.05) is 0 Å². The van der Waals surface area contributed by atoms with Crippen LogP contribution in [0.2, 0.25) is 0 Å². The standard InChI is InChI=1S/C14H14F3N3O/c1-10(20-7-3-6-19-20)13(21)18-9-11-4-2-5-12(8-11)14(15,16)17/h2-8,10H,9H2,1H3,(H,18,21). The molecule has 4 nitrogen and oxygen atoms in total. The highest BCUT2D eigenvalue weighted by Crippen LogP contribution is 2.29. The molecular weight excluding hydrogens is 283 g/mol. The lowest BCUT2D eigenvalue weighted by Crippen LogP contribution is -2.30. The van der Waals surface area contributed by atoms with Gasteiger partial charge in [0.25, 0.3) is 0 Å². The van der Waals surface area contributed by atoms with Gasteiger partial charge in [-0.25, -0.2) is 0 Å². The summed E-state index contributed by atoms with van der Waals surface area (Å²) in [7, 11) is 0. The number of halogens is 3. The topological polar surface area (TPSA) is 46.9 Å². The highest BCUT2D eigenvalue weighted by atomic mass is 19.4. The number of nitrogens with one attached hydrogen (secondary N) is 1. The summed E-state index contributed by atoms with van der Waals surface area (Å²) < 4.78 is 39.2. The highest BCUT2D eigenvalue weighted by Gasteiger charge is 2.30. The van der Waals surface area contributed by atoms with Crippen LogP contribution in [0.1, 0.15) is 24.1 Å². The van der Waals surface area contributed by atoms with Gasteiger partial charge in [0.05, 0.1) is 5.56 Å². The van der Waals surface area contributed by atoms with Gasteiger partial charge >= 0.3 is 6.18 Å². The van der Waals surface area contributed by atoms with Gasteiger partial charge in [0, 0.05) is 18.9 Å². The number of aromatic nitrogens is 2. The summed E-state index contributed by atoms with van der Waals surface area (Å²) in [6.45, 7) is 1.70. The molecule has 0 aliphatic carbocycles. The third-order valence-corrected chi connectivity index (χ3v) is 3.02. The summed E-state index contributed by atoms with van der Waals surface area (Å²) in [5.74, 6) is -0.309. The first-order valence-electron chi connectivity index (χ1n) is 6.31. The maximum Gasteiger partial charge on any atom is 0.416 e. The van der Waals surface area contributed by atoms with Crippen LogP contribution in [-0.4, -0.2) is 15.7 Å². The molecule has 0 fully saturated rings. The molecule has 1 aromatic carbocycles. The summed E-state index contributed by atoms with van der Waals surface area (Å²) in [4.78, 5) is 11.9. The number of nitrogens with zero attached hydrogens (tertiary/aromatic N) is 2. The number of carbonyl (C=O) groups is 1. The molecule has 1 N–H and O–H groups in total. The van der Waals surface area contributed by atoms with Crippen molar-refractivity contribution in [3.05, 3.63) is 53.9 Å². The fourth-order valence-corrected chi connectivity index (χ4v) is 1.82. The average Bonchev–Trinajstić information content (AvgIpc) is 2.97. The zero-order valence-electron chi connectivity index (χ0n) is 11.3. The zero-order chi connectivity index (χ0) is 15.5. The number of rotatable bonds is 4. The summed E-state index contributed by atoms with van der Waals surface area (Å²) >= 11 is 0. The van der Waals surface area contributed by atoms with Gasteiger partial charge in [-0.1, -0.05) is 12.1 Å². The van der Waals surface area contributed by atoms with Crippen LogP contribution in [0.5, 0.6) is 0 Å². The zero-order valence-corrected chi connectivity index (χ0v) is 11.3. The Bertz CT molecular complexity index is 608. The normalized spacial score (nSPS) is 13.0. The molecule has 7 heteroatoms. The Morgan fingerprint density at radius 3 is 2.76 bits per heavy atom. The number of amides is 1. The van der Waals surface area contributed by atoms with Crippen LogP contribution in [0.4, 0.5) is 13.2 Å². The minimum absolute atomic E-state index is 0.0361. The minimum atomic E-state index is -4.39. The Labute approximate surface area is 119 Å². The average molecular weight is 297 g/mol. The molecule has 21 heavy (non-hydrogen) atoms. The Morgan fingerprint density at radius 2 is 2.14 bits per heavy atom. The van der Waals surface area contributed by atoms with Crippen LogP contribution in [0.15, 0.2) is 42.7 Å². The van der Waals surface area contributed by atoms with Gasteiger partial charge in [0.15, 0.2) is 0 Å². The van der Waals surface area contributed by atoms with Gasteiger partial charge < -0.3 is 5.32 Å². The van der Waals surface area contributed by atoms with Crippen molar-refractivity contribution in [1.29, 1.82) is 0 Å². The van der Waals surface area contributed by atoms with Crippen molar-refractivity contribution >= 4 is 5.91 Å². The molecule has 1 unspecified atom stereocenters. The largest absolute Gasteiger partial charge is 0.416 e. The van der Waals surface area contributed by atoms with Crippen LogP contribution in [-0.2, 0) is 17.5 Å². The number of carbonyl (C=O) groups excluding carboxylic acids is 1. The number of benzene rings is 1. The molecule has 0 saturated heterocycles. The van der Waals surface area contributed by atoms with Gasteiger partial charge in [-0.2, -0.15) is 18.3 Å².